The third-order valence-corrected chi connectivity index (χ3v) is 1.87. The Morgan fingerprint density at radius 3 is 2.21 bits per heavy atom. The fourth-order valence-electron chi connectivity index (χ4n) is 1.08. The molecule has 0 fully saturated rings. The van der Waals surface area contributed by atoms with Gasteiger partial charge in [-0.1, -0.05) is 30.3 Å². The summed E-state index contributed by atoms with van der Waals surface area (Å²) in [6.45, 7) is 0. The van der Waals surface area contributed by atoms with E-state index in [0.717, 1.165) is 5.56 Å². The maximum Gasteiger partial charge on any atom is 0.243 e. The van der Waals surface area contributed by atoms with E-state index in [9.17, 15) is 4.79 Å². The zero-order valence-electron chi connectivity index (χ0n) is 8.31. The van der Waals surface area contributed by atoms with Crippen molar-refractivity contribution in [3.05, 3.63) is 35.9 Å². The van der Waals surface area contributed by atoms with Crippen molar-refractivity contribution < 1.29 is 4.79 Å². The molecule has 3 nitrogen and oxygen atoms in total. The number of hydrogen-bond donors (Lipinski definition) is 1. The molecule has 0 aliphatic rings. The van der Waals surface area contributed by atoms with Gasteiger partial charge in [0.15, 0.2) is 0 Å². The van der Waals surface area contributed by atoms with Crippen LogP contribution in [0.2, 0.25) is 0 Å². The molecule has 78 valence electrons. The Balaban J connectivity index is 0.00000169. The Morgan fingerprint density at radius 1 is 1.29 bits per heavy atom. The fourth-order valence-corrected chi connectivity index (χ4v) is 1.08. The van der Waals surface area contributed by atoms with E-state index in [2.05, 4.69) is 0 Å². The quantitative estimate of drug-likeness (QED) is 0.804. The maximum atomic E-state index is 11.4. The van der Waals surface area contributed by atoms with Gasteiger partial charge in [0.2, 0.25) is 5.91 Å². The Kier molecular flexibility index (Phi) is 5.20. The van der Waals surface area contributed by atoms with Crippen LogP contribution in [0.25, 0.3) is 0 Å². The number of likely N-dealkylation sites (N-methyl/N-ethyl adjacent to an activating group) is 1. The molecule has 0 heterocycles. The average molecular weight is 215 g/mol. The van der Waals surface area contributed by atoms with Crippen LogP contribution in [0.5, 0.6) is 0 Å². The van der Waals surface area contributed by atoms with E-state index >= 15 is 0 Å². The van der Waals surface area contributed by atoms with Crippen LogP contribution >= 0.6 is 12.4 Å². The highest BCUT2D eigenvalue weighted by Crippen LogP contribution is 2.10. The molecular weight excluding hydrogens is 200 g/mol. The van der Waals surface area contributed by atoms with E-state index < -0.39 is 6.04 Å². The largest absolute Gasteiger partial charge is 0.347 e. The molecule has 1 aromatic carbocycles. The highest BCUT2D eigenvalue weighted by atomic mass is 35.5. The van der Waals surface area contributed by atoms with E-state index in [1.54, 1.807) is 14.1 Å². The predicted octanol–water partition coefficient (Wildman–Crippen LogP) is 1.20. The van der Waals surface area contributed by atoms with Gasteiger partial charge in [0.25, 0.3) is 0 Å². The first-order chi connectivity index (χ1) is 6.13. The molecule has 1 rings (SSSR count). The molecule has 0 radical (unpaired) electrons. The van der Waals surface area contributed by atoms with Gasteiger partial charge in [-0.15, -0.1) is 12.4 Å². The molecule has 14 heavy (non-hydrogen) atoms. The lowest BCUT2D eigenvalue weighted by Crippen LogP contribution is -2.33. The Labute approximate surface area is 90.3 Å². The molecule has 0 unspecified atom stereocenters. The van der Waals surface area contributed by atoms with Crippen LogP contribution in [0.15, 0.2) is 30.3 Å². The second kappa shape index (κ2) is 5.62. The lowest BCUT2D eigenvalue weighted by Gasteiger charge is -2.16. The van der Waals surface area contributed by atoms with Gasteiger partial charge in [0.05, 0.1) is 0 Å². The lowest BCUT2D eigenvalue weighted by atomic mass is 10.1. The number of nitrogens with zero attached hydrogens (tertiary/aromatic N) is 1. The highest BCUT2D eigenvalue weighted by Gasteiger charge is 2.16. The Morgan fingerprint density at radius 2 is 1.79 bits per heavy atom. The normalized spacial score (nSPS) is 11.4. The molecule has 4 heteroatoms. The van der Waals surface area contributed by atoms with Gasteiger partial charge in [-0.25, -0.2) is 0 Å². The van der Waals surface area contributed by atoms with E-state index in [-0.39, 0.29) is 18.3 Å². The molecule has 0 saturated heterocycles. The topological polar surface area (TPSA) is 46.3 Å². The van der Waals surface area contributed by atoms with Crippen LogP contribution in [-0.4, -0.2) is 24.9 Å². The van der Waals surface area contributed by atoms with Crippen molar-refractivity contribution in [2.24, 2.45) is 5.73 Å². The van der Waals surface area contributed by atoms with Crippen molar-refractivity contribution in [1.82, 2.24) is 4.90 Å². The first-order valence-electron chi connectivity index (χ1n) is 4.14. The monoisotopic (exact) mass is 214 g/mol. The van der Waals surface area contributed by atoms with Gasteiger partial charge in [-0.3, -0.25) is 4.79 Å². The zero-order chi connectivity index (χ0) is 9.84. The molecule has 1 amide bonds. The second-order valence-corrected chi connectivity index (χ2v) is 3.12. The van der Waals surface area contributed by atoms with Gasteiger partial charge < -0.3 is 10.6 Å². The molecular formula is C10H15ClN2O. The summed E-state index contributed by atoms with van der Waals surface area (Å²) < 4.78 is 0. The van der Waals surface area contributed by atoms with Crippen LogP contribution in [-0.2, 0) is 4.79 Å². The number of carbonyl (C=O) groups is 1. The standard InChI is InChI=1S/C10H14N2O.ClH/c1-12(2)10(13)9(11)8-6-4-3-5-7-8;/h3-7,9H,11H2,1-2H3;1H/t9-;/m1./s1. The first kappa shape index (κ1) is 12.9. The van der Waals surface area contributed by atoms with Crippen LogP contribution in [0.3, 0.4) is 0 Å². The van der Waals surface area contributed by atoms with Gasteiger partial charge in [-0.05, 0) is 5.56 Å². The number of amides is 1. The van der Waals surface area contributed by atoms with E-state index in [1.807, 2.05) is 30.3 Å². The van der Waals surface area contributed by atoms with Crippen LogP contribution in [0, 0.1) is 0 Å². The van der Waals surface area contributed by atoms with Crippen LogP contribution in [0.4, 0.5) is 0 Å². The second-order valence-electron chi connectivity index (χ2n) is 3.12. The number of hydrogen-bond acceptors (Lipinski definition) is 2. The summed E-state index contributed by atoms with van der Waals surface area (Å²) in [4.78, 5) is 12.9. The summed E-state index contributed by atoms with van der Waals surface area (Å²) in [5, 5.41) is 0. The van der Waals surface area contributed by atoms with Crippen molar-refractivity contribution in [3.8, 4) is 0 Å². The van der Waals surface area contributed by atoms with E-state index in [4.69, 9.17) is 5.73 Å². The summed E-state index contributed by atoms with van der Waals surface area (Å²) in [7, 11) is 3.40. The average Bonchev–Trinajstić information content (AvgIpc) is 2.17. The minimum Gasteiger partial charge on any atom is -0.347 e. The highest BCUT2D eigenvalue weighted by molar-refractivity contribution is 5.85. The summed E-state index contributed by atoms with van der Waals surface area (Å²) in [5.74, 6) is -0.0776. The van der Waals surface area contributed by atoms with Gasteiger partial charge in [0.1, 0.15) is 6.04 Å². The maximum absolute atomic E-state index is 11.4. The minimum absolute atomic E-state index is 0. The van der Waals surface area contributed by atoms with E-state index in [0.29, 0.717) is 0 Å². The van der Waals surface area contributed by atoms with Crippen molar-refractivity contribution in [1.29, 1.82) is 0 Å². The predicted molar refractivity (Wildman–Crippen MR) is 59.3 cm³/mol. The zero-order valence-corrected chi connectivity index (χ0v) is 9.12. The molecule has 0 bridgehead atoms. The third-order valence-electron chi connectivity index (χ3n) is 1.87. The van der Waals surface area contributed by atoms with Crippen LogP contribution < -0.4 is 5.73 Å². The van der Waals surface area contributed by atoms with Crippen molar-refractivity contribution in [3.63, 3.8) is 0 Å². The van der Waals surface area contributed by atoms with Gasteiger partial charge >= 0.3 is 0 Å². The smallest absolute Gasteiger partial charge is 0.243 e. The SMILES string of the molecule is CN(C)C(=O)[C@H](N)c1ccccc1.Cl. The summed E-state index contributed by atoms with van der Waals surface area (Å²) in [6.07, 6.45) is 0. The van der Waals surface area contributed by atoms with Crippen molar-refractivity contribution in [2.45, 2.75) is 6.04 Å². The molecule has 0 aromatic heterocycles. The van der Waals surface area contributed by atoms with Crippen LogP contribution in [0.1, 0.15) is 11.6 Å². The van der Waals surface area contributed by atoms with Gasteiger partial charge in [-0.2, -0.15) is 0 Å². The number of benzene rings is 1. The number of rotatable bonds is 2. The Bertz CT molecular complexity index is 287. The summed E-state index contributed by atoms with van der Waals surface area (Å²) in [5.41, 5.74) is 6.60. The summed E-state index contributed by atoms with van der Waals surface area (Å²) in [6, 6.07) is 8.81. The van der Waals surface area contributed by atoms with Crippen molar-refractivity contribution >= 4 is 18.3 Å². The first-order valence-corrected chi connectivity index (χ1v) is 4.14. The molecule has 0 aliphatic heterocycles. The van der Waals surface area contributed by atoms with Crippen molar-refractivity contribution in [2.75, 3.05) is 14.1 Å². The molecule has 0 saturated carbocycles. The molecule has 2 N–H and O–H groups in total. The van der Waals surface area contributed by atoms with Gasteiger partial charge in [0, 0.05) is 14.1 Å². The lowest BCUT2D eigenvalue weighted by molar-refractivity contribution is -0.130. The molecule has 1 atom stereocenters. The number of halogens is 1. The molecule has 0 spiro atoms. The molecule has 1 aromatic rings. The summed E-state index contributed by atoms with van der Waals surface area (Å²) >= 11 is 0. The Hall–Kier alpha value is -1.06. The molecule has 0 aliphatic carbocycles. The number of nitrogens with two attached hydrogens (primary N) is 1. The fraction of sp³-hybridized carbons (Fsp3) is 0.300. The number of carbonyl (C=O) groups excluding carboxylic acids is 1. The third kappa shape index (κ3) is 3.01. The minimum atomic E-state index is -0.545. The van der Waals surface area contributed by atoms with E-state index in [1.165, 1.54) is 4.90 Å².